The summed E-state index contributed by atoms with van der Waals surface area (Å²) < 4.78 is 2.10. The first kappa shape index (κ1) is 12.2. The molecule has 1 aliphatic heterocycles. The minimum atomic E-state index is 0.770. The molecule has 2 N–H and O–H groups in total. The minimum Gasteiger partial charge on any atom is -0.399 e. The molecule has 106 valence electrons. The van der Waals surface area contributed by atoms with Crippen LogP contribution in [0.25, 0.3) is 16.9 Å². The predicted molar refractivity (Wildman–Crippen MR) is 84.3 cm³/mol. The molecule has 1 aromatic carbocycles. The molecule has 0 aliphatic carbocycles. The Balaban J connectivity index is 1.85. The van der Waals surface area contributed by atoms with Crippen molar-refractivity contribution in [3.8, 4) is 11.3 Å². The number of hydrogen-bond acceptors (Lipinski definition) is 4. The molecule has 0 radical (unpaired) electrons. The Bertz CT molecular complexity index is 769. The number of nitrogen functional groups attached to an aromatic ring is 1. The van der Waals surface area contributed by atoms with Gasteiger partial charge in [0.1, 0.15) is 0 Å². The van der Waals surface area contributed by atoms with Crippen LogP contribution in [0.5, 0.6) is 0 Å². The molecule has 0 amide bonds. The van der Waals surface area contributed by atoms with Crippen molar-refractivity contribution in [1.82, 2.24) is 14.4 Å². The topological polar surface area (TPSA) is 59.5 Å². The predicted octanol–water partition coefficient (Wildman–Crippen LogP) is 2.58. The van der Waals surface area contributed by atoms with Crippen LogP contribution in [0.15, 0.2) is 42.9 Å². The van der Waals surface area contributed by atoms with Gasteiger partial charge in [-0.2, -0.15) is 0 Å². The van der Waals surface area contributed by atoms with E-state index < -0.39 is 0 Å². The third-order valence-corrected chi connectivity index (χ3v) is 4.02. The molecule has 1 fully saturated rings. The number of nitrogens with two attached hydrogens (primary N) is 1. The highest BCUT2D eigenvalue weighted by molar-refractivity contribution is 5.72. The Hall–Kier alpha value is -2.56. The Morgan fingerprint density at radius 3 is 2.52 bits per heavy atom. The fourth-order valence-corrected chi connectivity index (χ4v) is 2.92. The number of imidazole rings is 1. The van der Waals surface area contributed by atoms with Gasteiger partial charge in [-0.1, -0.05) is 12.1 Å². The molecule has 3 aromatic rings. The lowest BCUT2D eigenvalue weighted by atomic mass is 10.1. The number of fused-ring (bicyclic) bond motifs is 1. The van der Waals surface area contributed by atoms with E-state index in [1.165, 1.54) is 12.8 Å². The molecule has 0 atom stereocenters. The van der Waals surface area contributed by atoms with E-state index in [0.29, 0.717) is 0 Å². The number of aromatic nitrogens is 3. The van der Waals surface area contributed by atoms with Crippen molar-refractivity contribution in [2.24, 2.45) is 0 Å². The first-order valence-corrected chi connectivity index (χ1v) is 7.26. The van der Waals surface area contributed by atoms with Crippen molar-refractivity contribution >= 4 is 17.2 Å². The molecule has 21 heavy (non-hydrogen) atoms. The normalized spacial score (nSPS) is 15.0. The molecule has 2 aromatic heterocycles. The molecule has 0 unspecified atom stereocenters. The number of benzene rings is 1. The second-order valence-electron chi connectivity index (χ2n) is 5.40. The Labute approximate surface area is 123 Å². The van der Waals surface area contributed by atoms with Crippen LogP contribution in [0.1, 0.15) is 12.8 Å². The SMILES string of the molecule is Nc1ccc(-c2cnc3c(N4CCCC4)nccn23)cc1. The number of anilines is 2. The largest absolute Gasteiger partial charge is 0.399 e. The zero-order chi connectivity index (χ0) is 14.2. The van der Waals surface area contributed by atoms with E-state index >= 15 is 0 Å². The molecule has 5 heteroatoms. The average Bonchev–Trinajstić information content (AvgIpc) is 3.17. The third-order valence-electron chi connectivity index (χ3n) is 4.02. The van der Waals surface area contributed by atoms with E-state index in [1.54, 1.807) is 0 Å². The maximum Gasteiger partial charge on any atom is 0.180 e. The van der Waals surface area contributed by atoms with Crippen molar-refractivity contribution in [1.29, 1.82) is 0 Å². The summed E-state index contributed by atoms with van der Waals surface area (Å²) in [7, 11) is 0. The van der Waals surface area contributed by atoms with Gasteiger partial charge < -0.3 is 10.6 Å². The average molecular weight is 279 g/mol. The highest BCUT2D eigenvalue weighted by atomic mass is 15.2. The zero-order valence-corrected chi connectivity index (χ0v) is 11.7. The van der Waals surface area contributed by atoms with Crippen LogP contribution >= 0.6 is 0 Å². The summed E-state index contributed by atoms with van der Waals surface area (Å²) in [5.74, 6) is 0.983. The Morgan fingerprint density at radius 1 is 1.00 bits per heavy atom. The van der Waals surface area contributed by atoms with Gasteiger partial charge >= 0.3 is 0 Å². The van der Waals surface area contributed by atoms with Gasteiger partial charge in [0.2, 0.25) is 0 Å². The van der Waals surface area contributed by atoms with E-state index in [4.69, 9.17) is 5.73 Å². The second-order valence-corrected chi connectivity index (χ2v) is 5.40. The lowest BCUT2D eigenvalue weighted by Crippen LogP contribution is -2.19. The van der Waals surface area contributed by atoms with Crippen LogP contribution in [0.3, 0.4) is 0 Å². The lowest BCUT2D eigenvalue weighted by molar-refractivity contribution is 0.928. The van der Waals surface area contributed by atoms with Crippen LogP contribution in [0.4, 0.5) is 11.5 Å². The van der Waals surface area contributed by atoms with Gasteiger partial charge in [-0.3, -0.25) is 4.40 Å². The van der Waals surface area contributed by atoms with E-state index in [2.05, 4.69) is 19.3 Å². The van der Waals surface area contributed by atoms with Gasteiger partial charge in [0.25, 0.3) is 0 Å². The molecular formula is C16H17N5. The van der Waals surface area contributed by atoms with Crippen LogP contribution in [0.2, 0.25) is 0 Å². The van der Waals surface area contributed by atoms with E-state index in [9.17, 15) is 0 Å². The highest BCUT2D eigenvalue weighted by Crippen LogP contribution is 2.27. The monoisotopic (exact) mass is 279 g/mol. The molecule has 1 aliphatic rings. The lowest BCUT2D eigenvalue weighted by Gasteiger charge is -2.16. The van der Waals surface area contributed by atoms with Crippen molar-refractivity contribution in [3.63, 3.8) is 0 Å². The summed E-state index contributed by atoms with van der Waals surface area (Å²) in [4.78, 5) is 11.4. The first-order chi connectivity index (χ1) is 10.3. The zero-order valence-electron chi connectivity index (χ0n) is 11.7. The molecule has 4 rings (SSSR count). The van der Waals surface area contributed by atoms with E-state index in [0.717, 1.165) is 41.5 Å². The molecular weight excluding hydrogens is 262 g/mol. The number of rotatable bonds is 2. The van der Waals surface area contributed by atoms with Crippen molar-refractivity contribution in [2.45, 2.75) is 12.8 Å². The van der Waals surface area contributed by atoms with Crippen molar-refractivity contribution in [2.75, 3.05) is 23.7 Å². The van der Waals surface area contributed by atoms with Crippen molar-refractivity contribution < 1.29 is 0 Å². The van der Waals surface area contributed by atoms with Crippen molar-refractivity contribution in [3.05, 3.63) is 42.9 Å². The fourth-order valence-electron chi connectivity index (χ4n) is 2.92. The maximum atomic E-state index is 5.76. The quantitative estimate of drug-likeness (QED) is 0.732. The fraction of sp³-hybridized carbons (Fsp3) is 0.250. The maximum absolute atomic E-state index is 5.76. The van der Waals surface area contributed by atoms with E-state index in [-0.39, 0.29) is 0 Å². The summed E-state index contributed by atoms with van der Waals surface area (Å²) in [5.41, 5.74) is 9.62. The summed E-state index contributed by atoms with van der Waals surface area (Å²) in [6.07, 6.45) is 8.18. The van der Waals surface area contributed by atoms with Crippen LogP contribution in [-0.4, -0.2) is 27.5 Å². The van der Waals surface area contributed by atoms with Gasteiger partial charge in [0.05, 0.1) is 11.9 Å². The van der Waals surface area contributed by atoms with Gasteiger partial charge in [-0.25, -0.2) is 9.97 Å². The summed E-state index contributed by atoms with van der Waals surface area (Å²) >= 11 is 0. The van der Waals surface area contributed by atoms with Crippen LogP contribution in [-0.2, 0) is 0 Å². The minimum absolute atomic E-state index is 0.770. The van der Waals surface area contributed by atoms with E-state index in [1.807, 2.05) is 42.9 Å². The standard InChI is InChI=1S/C16H17N5/c17-13-5-3-12(4-6-13)14-11-19-16-15(18-7-10-21(14)16)20-8-1-2-9-20/h3-7,10-11H,1-2,8-9,17H2. The van der Waals surface area contributed by atoms with Gasteiger partial charge in [-0.05, 0) is 25.0 Å². The van der Waals surface area contributed by atoms with Crippen LogP contribution < -0.4 is 10.6 Å². The highest BCUT2D eigenvalue weighted by Gasteiger charge is 2.18. The van der Waals surface area contributed by atoms with Gasteiger partial charge in [-0.15, -0.1) is 0 Å². The summed E-state index contributed by atoms with van der Waals surface area (Å²) in [6, 6.07) is 7.87. The number of nitrogens with zero attached hydrogens (tertiary/aromatic N) is 4. The molecule has 5 nitrogen and oxygen atoms in total. The number of hydrogen-bond donors (Lipinski definition) is 1. The summed E-state index contributed by atoms with van der Waals surface area (Å²) in [6.45, 7) is 2.13. The Kier molecular flexibility index (Phi) is 2.77. The van der Waals surface area contributed by atoms with Gasteiger partial charge in [0, 0.05) is 36.7 Å². The second kappa shape index (κ2) is 4.77. The van der Waals surface area contributed by atoms with Gasteiger partial charge in [0.15, 0.2) is 11.5 Å². The smallest absolute Gasteiger partial charge is 0.180 e. The van der Waals surface area contributed by atoms with Crippen LogP contribution in [0, 0.1) is 0 Å². The third kappa shape index (κ3) is 2.01. The molecule has 0 spiro atoms. The molecule has 0 bridgehead atoms. The first-order valence-electron chi connectivity index (χ1n) is 7.26. The molecule has 0 saturated carbocycles. The molecule has 1 saturated heterocycles. The molecule has 3 heterocycles. The summed E-state index contributed by atoms with van der Waals surface area (Å²) in [5, 5.41) is 0. The Morgan fingerprint density at radius 2 is 1.76 bits per heavy atom.